The van der Waals surface area contributed by atoms with E-state index in [-0.39, 0.29) is 5.91 Å². The van der Waals surface area contributed by atoms with Crippen LogP contribution in [0.5, 0.6) is 0 Å². The minimum absolute atomic E-state index is 0.129. The topological polar surface area (TPSA) is 20.3 Å². The molecule has 1 amide bonds. The van der Waals surface area contributed by atoms with Crippen molar-refractivity contribution in [2.24, 2.45) is 0 Å². The maximum atomic E-state index is 12.2. The SMILES string of the molecule is C[C@H]1CCCCN1C(=O)c1ccc(Cl)cc1. The molecule has 0 saturated carbocycles. The first-order valence-electron chi connectivity index (χ1n) is 5.75. The maximum absolute atomic E-state index is 12.2. The van der Waals surface area contributed by atoms with Crippen LogP contribution in [0.3, 0.4) is 0 Å². The van der Waals surface area contributed by atoms with Crippen molar-refractivity contribution in [1.29, 1.82) is 0 Å². The third kappa shape index (κ3) is 2.38. The highest BCUT2D eigenvalue weighted by atomic mass is 35.5. The van der Waals surface area contributed by atoms with Crippen molar-refractivity contribution >= 4 is 17.5 Å². The van der Waals surface area contributed by atoms with Crippen molar-refractivity contribution < 1.29 is 4.79 Å². The minimum atomic E-state index is 0.129. The molecule has 16 heavy (non-hydrogen) atoms. The number of amides is 1. The van der Waals surface area contributed by atoms with E-state index in [1.807, 2.05) is 4.90 Å². The molecule has 0 bridgehead atoms. The summed E-state index contributed by atoms with van der Waals surface area (Å²) in [5.41, 5.74) is 0.734. The van der Waals surface area contributed by atoms with Crippen LogP contribution in [0.1, 0.15) is 36.5 Å². The Labute approximate surface area is 101 Å². The zero-order valence-corrected chi connectivity index (χ0v) is 10.2. The smallest absolute Gasteiger partial charge is 0.254 e. The summed E-state index contributed by atoms with van der Waals surface area (Å²) in [5, 5.41) is 0.670. The lowest BCUT2D eigenvalue weighted by Gasteiger charge is -2.33. The Balaban J connectivity index is 2.14. The predicted molar refractivity (Wildman–Crippen MR) is 65.8 cm³/mol. The van der Waals surface area contributed by atoms with Crippen LogP contribution < -0.4 is 0 Å². The monoisotopic (exact) mass is 237 g/mol. The maximum Gasteiger partial charge on any atom is 0.254 e. The fraction of sp³-hybridized carbons (Fsp3) is 0.462. The number of halogens is 1. The van der Waals surface area contributed by atoms with Crippen molar-refractivity contribution in [3.63, 3.8) is 0 Å². The molecule has 0 aromatic heterocycles. The Morgan fingerprint density at radius 3 is 2.62 bits per heavy atom. The van der Waals surface area contributed by atoms with Crippen molar-refractivity contribution in [1.82, 2.24) is 4.90 Å². The van der Waals surface area contributed by atoms with Crippen molar-refractivity contribution in [2.45, 2.75) is 32.2 Å². The fourth-order valence-corrected chi connectivity index (χ4v) is 2.28. The average Bonchev–Trinajstić information content (AvgIpc) is 2.30. The second kappa shape index (κ2) is 4.88. The van der Waals surface area contributed by atoms with Crippen molar-refractivity contribution in [3.05, 3.63) is 34.9 Å². The molecule has 0 spiro atoms. The van der Waals surface area contributed by atoms with Gasteiger partial charge in [-0.3, -0.25) is 4.79 Å². The molecule has 1 atom stereocenters. The van der Waals surface area contributed by atoms with Crippen LogP contribution >= 0.6 is 11.6 Å². The van der Waals surface area contributed by atoms with E-state index in [9.17, 15) is 4.79 Å². The summed E-state index contributed by atoms with van der Waals surface area (Å²) in [5.74, 6) is 0.129. The number of likely N-dealkylation sites (tertiary alicyclic amines) is 1. The molecule has 2 rings (SSSR count). The van der Waals surface area contributed by atoms with Crippen LogP contribution in [-0.4, -0.2) is 23.4 Å². The number of hydrogen-bond donors (Lipinski definition) is 0. The number of rotatable bonds is 1. The predicted octanol–water partition coefficient (Wildman–Crippen LogP) is 3.35. The number of nitrogens with zero attached hydrogens (tertiary/aromatic N) is 1. The molecule has 2 nitrogen and oxygen atoms in total. The molecule has 0 unspecified atom stereocenters. The highest BCUT2D eigenvalue weighted by Gasteiger charge is 2.23. The average molecular weight is 238 g/mol. The van der Waals surface area contributed by atoms with Crippen molar-refractivity contribution in [2.75, 3.05) is 6.54 Å². The first-order valence-corrected chi connectivity index (χ1v) is 6.13. The molecule has 0 N–H and O–H groups in total. The molecular formula is C13H16ClNO. The minimum Gasteiger partial charge on any atom is -0.336 e. The lowest BCUT2D eigenvalue weighted by atomic mass is 10.0. The number of piperidine rings is 1. The number of hydrogen-bond acceptors (Lipinski definition) is 1. The second-order valence-electron chi connectivity index (χ2n) is 4.35. The fourth-order valence-electron chi connectivity index (χ4n) is 2.16. The number of benzene rings is 1. The van der Waals surface area contributed by atoms with Gasteiger partial charge in [0.15, 0.2) is 0 Å². The Hall–Kier alpha value is -1.02. The molecule has 3 heteroatoms. The lowest BCUT2D eigenvalue weighted by Crippen LogP contribution is -2.41. The molecular weight excluding hydrogens is 222 g/mol. The largest absolute Gasteiger partial charge is 0.336 e. The van der Waals surface area contributed by atoms with E-state index < -0.39 is 0 Å². The van der Waals surface area contributed by atoms with E-state index >= 15 is 0 Å². The normalized spacial score (nSPS) is 20.9. The van der Waals surface area contributed by atoms with Gasteiger partial charge in [-0.1, -0.05) is 11.6 Å². The molecule has 1 saturated heterocycles. The summed E-state index contributed by atoms with van der Waals surface area (Å²) in [6.45, 7) is 3.00. The third-order valence-electron chi connectivity index (χ3n) is 3.16. The third-order valence-corrected chi connectivity index (χ3v) is 3.41. The quantitative estimate of drug-likeness (QED) is 0.734. The lowest BCUT2D eigenvalue weighted by molar-refractivity contribution is 0.0635. The Morgan fingerprint density at radius 1 is 1.31 bits per heavy atom. The first kappa shape index (κ1) is 11.5. The van der Waals surface area contributed by atoms with Crippen LogP contribution in [0.2, 0.25) is 5.02 Å². The summed E-state index contributed by atoms with van der Waals surface area (Å²) in [6.07, 6.45) is 3.45. The van der Waals surface area contributed by atoms with Crippen LogP contribution in [-0.2, 0) is 0 Å². The van der Waals surface area contributed by atoms with Crippen LogP contribution in [0, 0.1) is 0 Å². The number of carbonyl (C=O) groups is 1. The number of carbonyl (C=O) groups excluding carboxylic acids is 1. The van der Waals surface area contributed by atoms with Gasteiger partial charge in [-0.25, -0.2) is 0 Å². The summed E-state index contributed by atoms with van der Waals surface area (Å²) < 4.78 is 0. The van der Waals surface area contributed by atoms with E-state index in [0.29, 0.717) is 11.1 Å². The van der Waals surface area contributed by atoms with Gasteiger partial charge in [-0.15, -0.1) is 0 Å². The summed E-state index contributed by atoms with van der Waals surface area (Å²) in [4.78, 5) is 14.2. The van der Waals surface area contributed by atoms with E-state index in [2.05, 4.69) is 6.92 Å². The molecule has 1 aliphatic heterocycles. The standard InChI is InChI=1S/C13H16ClNO/c1-10-4-2-3-9-15(10)13(16)11-5-7-12(14)8-6-11/h5-8,10H,2-4,9H2,1H3/t10-/m0/s1. The molecule has 86 valence electrons. The van der Waals surface area contributed by atoms with Gasteiger partial charge >= 0.3 is 0 Å². The Kier molecular flexibility index (Phi) is 3.49. The molecule has 1 heterocycles. The van der Waals surface area contributed by atoms with Gasteiger partial charge in [-0.2, -0.15) is 0 Å². The van der Waals surface area contributed by atoms with Crippen LogP contribution in [0.15, 0.2) is 24.3 Å². The van der Waals surface area contributed by atoms with E-state index in [0.717, 1.165) is 24.9 Å². The van der Waals surface area contributed by atoms with E-state index in [1.54, 1.807) is 24.3 Å². The Bertz CT molecular complexity index is 374. The van der Waals surface area contributed by atoms with Gasteiger partial charge in [-0.05, 0) is 50.5 Å². The molecule has 1 aromatic carbocycles. The van der Waals surface area contributed by atoms with Gasteiger partial charge in [0.05, 0.1) is 0 Å². The zero-order chi connectivity index (χ0) is 11.5. The van der Waals surface area contributed by atoms with Crippen LogP contribution in [0.4, 0.5) is 0 Å². The van der Waals surface area contributed by atoms with Gasteiger partial charge in [0.2, 0.25) is 0 Å². The summed E-state index contributed by atoms with van der Waals surface area (Å²) in [6, 6.07) is 7.49. The Morgan fingerprint density at radius 2 is 2.00 bits per heavy atom. The first-order chi connectivity index (χ1) is 7.68. The van der Waals surface area contributed by atoms with Gasteiger partial charge in [0.1, 0.15) is 0 Å². The van der Waals surface area contributed by atoms with Crippen LogP contribution in [0.25, 0.3) is 0 Å². The summed E-state index contributed by atoms with van der Waals surface area (Å²) in [7, 11) is 0. The van der Waals surface area contributed by atoms with E-state index in [1.165, 1.54) is 6.42 Å². The van der Waals surface area contributed by atoms with Gasteiger partial charge in [0.25, 0.3) is 5.91 Å². The second-order valence-corrected chi connectivity index (χ2v) is 4.79. The molecule has 1 fully saturated rings. The summed E-state index contributed by atoms with van der Waals surface area (Å²) >= 11 is 5.81. The molecule has 1 aromatic rings. The van der Waals surface area contributed by atoms with Crippen molar-refractivity contribution in [3.8, 4) is 0 Å². The molecule has 0 radical (unpaired) electrons. The molecule has 1 aliphatic rings. The van der Waals surface area contributed by atoms with E-state index in [4.69, 9.17) is 11.6 Å². The molecule has 0 aliphatic carbocycles. The highest BCUT2D eigenvalue weighted by molar-refractivity contribution is 6.30. The van der Waals surface area contributed by atoms with Gasteiger partial charge < -0.3 is 4.90 Å². The van der Waals surface area contributed by atoms with Gasteiger partial charge in [0, 0.05) is 23.2 Å². The highest BCUT2D eigenvalue weighted by Crippen LogP contribution is 2.20. The zero-order valence-electron chi connectivity index (χ0n) is 9.45.